The number of hydrogen-bond acceptors (Lipinski definition) is 6. The molecule has 0 atom stereocenters. The van der Waals surface area contributed by atoms with Crippen LogP contribution in [0.2, 0.25) is 0 Å². The first-order valence-electron chi connectivity index (χ1n) is 9.59. The van der Waals surface area contributed by atoms with Gasteiger partial charge in [0.25, 0.3) is 0 Å². The molecule has 0 saturated heterocycles. The van der Waals surface area contributed by atoms with Crippen molar-refractivity contribution in [3.05, 3.63) is 30.6 Å². The quantitative estimate of drug-likeness (QED) is 0.493. The fourth-order valence-corrected chi connectivity index (χ4v) is 4.25. The van der Waals surface area contributed by atoms with E-state index in [1.165, 1.54) is 0 Å². The normalized spacial score (nSPS) is 21.3. The van der Waals surface area contributed by atoms with E-state index < -0.39 is 0 Å². The Bertz CT molecular complexity index is 1230. The summed E-state index contributed by atoms with van der Waals surface area (Å²) in [7, 11) is 1.88. The van der Waals surface area contributed by atoms with Crippen molar-refractivity contribution in [1.82, 2.24) is 35.3 Å². The van der Waals surface area contributed by atoms with E-state index in [1.807, 2.05) is 31.6 Å². The maximum atomic E-state index is 11.3. The summed E-state index contributed by atoms with van der Waals surface area (Å²) in [6, 6.07) is 6.32. The predicted octanol–water partition coefficient (Wildman–Crippen LogP) is 2.38. The molecule has 1 saturated carbocycles. The van der Waals surface area contributed by atoms with Gasteiger partial charge in [-0.2, -0.15) is 4.98 Å². The maximum absolute atomic E-state index is 11.3. The first-order valence-corrected chi connectivity index (χ1v) is 9.59. The van der Waals surface area contributed by atoms with Crippen LogP contribution in [0.15, 0.2) is 30.6 Å². The largest absolute Gasteiger partial charge is 0.351 e. The molecule has 1 aliphatic rings. The summed E-state index contributed by atoms with van der Waals surface area (Å²) < 4.78 is 1.76. The Labute approximate surface area is 166 Å². The number of benzene rings is 1. The van der Waals surface area contributed by atoms with Crippen molar-refractivity contribution in [2.24, 2.45) is 7.05 Å². The van der Waals surface area contributed by atoms with Crippen molar-refractivity contribution in [3.63, 3.8) is 0 Å². The van der Waals surface area contributed by atoms with E-state index in [-0.39, 0.29) is 17.5 Å². The Morgan fingerprint density at radius 2 is 2.17 bits per heavy atom. The number of rotatable bonds is 4. The maximum Gasteiger partial charge on any atom is 0.224 e. The van der Waals surface area contributed by atoms with Crippen molar-refractivity contribution in [3.8, 4) is 11.1 Å². The van der Waals surface area contributed by atoms with Crippen LogP contribution in [0.25, 0.3) is 33.2 Å². The van der Waals surface area contributed by atoms with Crippen molar-refractivity contribution in [1.29, 1.82) is 0 Å². The van der Waals surface area contributed by atoms with Gasteiger partial charge in [-0.25, -0.2) is 9.67 Å². The number of carbonyl (C=O) groups is 1. The molecule has 0 spiro atoms. The molecular weight excluding hydrogens is 368 g/mol. The average Bonchev–Trinajstić information content (AvgIpc) is 3.23. The number of carbonyl (C=O) groups excluding carboxylic acids is 1. The molecule has 9 heteroatoms. The lowest BCUT2D eigenvalue weighted by molar-refractivity contribution is -0.121. The molecule has 1 amide bonds. The first kappa shape index (κ1) is 17.6. The number of hydrogen-bond donors (Lipinski definition) is 3. The second-order valence-electron chi connectivity index (χ2n) is 8.07. The fraction of sp³-hybridized carbons (Fsp3) is 0.350. The van der Waals surface area contributed by atoms with Crippen molar-refractivity contribution in [2.75, 3.05) is 5.32 Å². The summed E-state index contributed by atoms with van der Waals surface area (Å²) in [5, 5.41) is 15.5. The molecular formula is C20H22N8O. The zero-order chi connectivity index (χ0) is 20.2. The summed E-state index contributed by atoms with van der Waals surface area (Å²) in [5.74, 6) is 0.592. The number of nitrogens with zero attached hydrogens (tertiary/aromatic N) is 5. The molecule has 1 aliphatic carbocycles. The summed E-state index contributed by atoms with van der Waals surface area (Å²) in [6.45, 7) is 3.61. The number of fused-ring (bicyclic) bond motifs is 2. The molecule has 29 heavy (non-hydrogen) atoms. The molecule has 148 valence electrons. The van der Waals surface area contributed by atoms with Crippen molar-refractivity contribution >= 4 is 33.9 Å². The Morgan fingerprint density at radius 3 is 2.97 bits per heavy atom. The minimum Gasteiger partial charge on any atom is -0.351 e. The van der Waals surface area contributed by atoms with Gasteiger partial charge in [-0.3, -0.25) is 4.79 Å². The number of aromatic amines is 1. The highest BCUT2D eigenvalue weighted by atomic mass is 16.1. The summed E-state index contributed by atoms with van der Waals surface area (Å²) >= 11 is 0. The molecule has 4 aromatic rings. The van der Waals surface area contributed by atoms with Gasteiger partial charge in [0.15, 0.2) is 0 Å². The van der Waals surface area contributed by atoms with Gasteiger partial charge >= 0.3 is 0 Å². The highest BCUT2D eigenvalue weighted by molar-refractivity contribution is 5.95. The van der Waals surface area contributed by atoms with Gasteiger partial charge in [-0.05, 0) is 37.5 Å². The lowest BCUT2D eigenvalue weighted by Gasteiger charge is -2.45. The Kier molecular flexibility index (Phi) is 3.80. The molecule has 1 fully saturated rings. The summed E-state index contributed by atoms with van der Waals surface area (Å²) in [5.41, 5.74) is 4.57. The van der Waals surface area contributed by atoms with Crippen LogP contribution in [0.1, 0.15) is 26.7 Å². The summed E-state index contributed by atoms with van der Waals surface area (Å²) in [6.07, 6.45) is 5.49. The smallest absolute Gasteiger partial charge is 0.224 e. The van der Waals surface area contributed by atoms with E-state index in [9.17, 15) is 4.79 Å². The van der Waals surface area contributed by atoms with Gasteiger partial charge in [-0.1, -0.05) is 11.3 Å². The number of aryl methyl sites for hydroxylation is 1. The van der Waals surface area contributed by atoms with E-state index in [0.717, 1.165) is 46.0 Å². The van der Waals surface area contributed by atoms with Crippen molar-refractivity contribution in [2.45, 2.75) is 38.3 Å². The lowest BCUT2D eigenvalue weighted by atomic mass is 9.74. The van der Waals surface area contributed by atoms with Gasteiger partial charge < -0.3 is 15.6 Å². The SMILES string of the molecule is CC(=O)N[C@]1(C)C[C@H](Nc2ncc3c(-c4ccc5nnn(C)c5c4)c[nH]c3n2)C1. The van der Waals surface area contributed by atoms with Gasteiger partial charge in [0.1, 0.15) is 11.2 Å². The van der Waals surface area contributed by atoms with E-state index in [2.05, 4.69) is 48.9 Å². The molecule has 0 radical (unpaired) electrons. The first-order chi connectivity index (χ1) is 13.9. The average molecular weight is 390 g/mol. The van der Waals surface area contributed by atoms with Crippen LogP contribution in [0.3, 0.4) is 0 Å². The van der Waals surface area contributed by atoms with Crippen LogP contribution in [0.4, 0.5) is 5.95 Å². The van der Waals surface area contributed by atoms with Crippen LogP contribution in [-0.4, -0.2) is 47.4 Å². The predicted molar refractivity (Wildman–Crippen MR) is 110 cm³/mol. The number of H-pyrrole nitrogens is 1. The van der Waals surface area contributed by atoms with Crippen LogP contribution >= 0.6 is 0 Å². The fourth-order valence-electron chi connectivity index (χ4n) is 4.25. The Hall–Kier alpha value is -3.49. The molecule has 0 aliphatic heterocycles. The molecule has 0 unspecified atom stereocenters. The number of nitrogens with one attached hydrogen (secondary N) is 3. The topological polar surface area (TPSA) is 113 Å². The van der Waals surface area contributed by atoms with Crippen LogP contribution < -0.4 is 10.6 Å². The minimum atomic E-state index is -0.146. The summed E-state index contributed by atoms with van der Waals surface area (Å²) in [4.78, 5) is 23.7. The van der Waals surface area contributed by atoms with Crippen LogP contribution in [0, 0.1) is 0 Å². The lowest BCUT2D eigenvalue weighted by Crippen LogP contribution is -2.59. The zero-order valence-electron chi connectivity index (χ0n) is 16.5. The standard InChI is InChI=1S/C20H22N8O/c1-11(29)25-20(2)7-13(8-20)23-19-22-10-15-14(9-21-18(15)24-19)12-4-5-16-17(6-12)28(3)27-26-16/h4-6,9-10,13H,7-8H2,1-3H3,(H,25,29)(H2,21,22,23,24)/t13-,20+. The monoisotopic (exact) mass is 390 g/mol. The molecule has 3 N–H and O–H groups in total. The zero-order valence-corrected chi connectivity index (χ0v) is 16.5. The highest BCUT2D eigenvalue weighted by Gasteiger charge is 2.41. The molecule has 5 rings (SSSR count). The third-order valence-electron chi connectivity index (χ3n) is 5.56. The second kappa shape index (κ2) is 6.26. The molecule has 3 heterocycles. The second-order valence-corrected chi connectivity index (χ2v) is 8.07. The molecule has 9 nitrogen and oxygen atoms in total. The molecule has 1 aromatic carbocycles. The van der Waals surface area contributed by atoms with Crippen LogP contribution in [-0.2, 0) is 11.8 Å². The van der Waals surface area contributed by atoms with Crippen LogP contribution in [0.5, 0.6) is 0 Å². The van der Waals surface area contributed by atoms with Gasteiger partial charge in [0.05, 0.1) is 5.52 Å². The number of anilines is 1. The minimum absolute atomic E-state index is 0.00243. The van der Waals surface area contributed by atoms with E-state index in [1.54, 1.807) is 11.6 Å². The van der Waals surface area contributed by atoms with E-state index in [4.69, 9.17) is 0 Å². The van der Waals surface area contributed by atoms with E-state index >= 15 is 0 Å². The van der Waals surface area contributed by atoms with E-state index in [0.29, 0.717) is 5.95 Å². The van der Waals surface area contributed by atoms with Crippen molar-refractivity contribution < 1.29 is 4.79 Å². The van der Waals surface area contributed by atoms with Gasteiger partial charge in [0, 0.05) is 48.9 Å². The van der Waals surface area contributed by atoms with Gasteiger partial charge in [-0.15, -0.1) is 5.10 Å². The molecule has 0 bridgehead atoms. The molecule has 3 aromatic heterocycles. The number of aromatic nitrogens is 6. The third kappa shape index (κ3) is 3.08. The third-order valence-corrected chi connectivity index (χ3v) is 5.56. The Morgan fingerprint density at radius 1 is 1.34 bits per heavy atom. The number of amides is 1. The van der Waals surface area contributed by atoms with Gasteiger partial charge in [0.2, 0.25) is 11.9 Å². The Balaban J connectivity index is 1.37. The highest BCUT2D eigenvalue weighted by Crippen LogP contribution is 2.34.